The van der Waals surface area contributed by atoms with Gasteiger partial charge in [-0.1, -0.05) is 59.6 Å². The van der Waals surface area contributed by atoms with E-state index in [9.17, 15) is 13.2 Å². The SMILES string of the molecule is Cc1ccc(S(=O)(=O)N(C)c2ccc(C(=O)NCc3ccccc3)c(Cl)c2)cc1. The van der Waals surface area contributed by atoms with E-state index < -0.39 is 10.0 Å². The summed E-state index contributed by atoms with van der Waals surface area (Å²) in [4.78, 5) is 12.6. The van der Waals surface area contributed by atoms with Gasteiger partial charge in [-0.05, 0) is 42.8 Å². The molecule has 29 heavy (non-hydrogen) atoms. The number of nitrogens with zero attached hydrogens (tertiary/aromatic N) is 1. The molecule has 0 radical (unpaired) electrons. The van der Waals surface area contributed by atoms with Gasteiger partial charge in [0.1, 0.15) is 0 Å². The van der Waals surface area contributed by atoms with Crippen LogP contribution in [0, 0.1) is 6.92 Å². The summed E-state index contributed by atoms with van der Waals surface area (Å²) in [5.74, 6) is -0.325. The fourth-order valence-electron chi connectivity index (χ4n) is 2.76. The molecule has 3 aromatic carbocycles. The van der Waals surface area contributed by atoms with E-state index in [-0.39, 0.29) is 21.4 Å². The van der Waals surface area contributed by atoms with Gasteiger partial charge in [-0.15, -0.1) is 0 Å². The Morgan fingerprint density at radius 3 is 2.28 bits per heavy atom. The summed E-state index contributed by atoms with van der Waals surface area (Å²) in [6.07, 6.45) is 0. The van der Waals surface area contributed by atoms with Gasteiger partial charge in [0, 0.05) is 13.6 Å². The first kappa shape index (κ1) is 20.9. The topological polar surface area (TPSA) is 66.5 Å². The van der Waals surface area contributed by atoms with Gasteiger partial charge in [-0.25, -0.2) is 8.42 Å². The smallest absolute Gasteiger partial charge is 0.264 e. The number of carbonyl (C=O) groups excluding carboxylic acids is 1. The van der Waals surface area contributed by atoms with Crippen molar-refractivity contribution in [1.82, 2.24) is 5.32 Å². The number of halogens is 1. The predicted octanol–water partition coefficient (Wildman–Crippen LogP) is 4.40. The van der Waals surface area contributed by atoms with E-state index >= 15 is 0 Å². The molecule has 0 aliphatic rings. The number of amides is 1. The summed E-state index contributed by atoms with van der Waals surface area (Å²) in [5.41, 5.74) is 2.60. The molecule has 1 amide bonds. The van der Waals surface area contributed by atoms with Crippen molar-refractivity contribution in [3.05, 3.63) is 94.5 Å². The third-order valence-corrected chi connectivity index (χ3v) is 6.65. The average molecular weight is 429 g/mol. The second kappa shape index (κ2) is 8.68. The van der Waals surface area contributed by atoms with Crippen LogP contribution in [0.5, 0.6) is 0 Å². The van der Waals surface area contributed by atoms with Gasteiger partial charge in [0.15, 0.2) is 0 Å². The Morgan fingerprint density at radius 1 is 1.00 bits per heavy atom. The minimum absolute atomic E-state index is 0.180. The third kappa shape index (κ3) is 4.78. The van der Waals surface area contributed by atoms with Gasteiger partial charge >= 0.3 is 0 Å². The minimum atomic E-state index is -3.73. The normalized spacial score (nSPS) is 11.1. The Morgan fingerprint density at radius 2 is 1.66 bits per heavy atom. The van der Waals surface area contributed by atoms with E-state index in [2.05, 4.69) is 5.32 Å². The van der Waals surface area contributed by atoms with Crippen LogP contribution in [0.3, 0.4) is 0 Å². The molecule has 3 rings (SSSR count). The Balaban J connectivity index is 1.77. The zero-order valence-electron chi connectivity index (χ0n) is 16.1. The zero-order chi connectivity index (χ0) is 21.0. The van der Waals surface area contributed by atoms with Gasteiger partial charge in [0.25, 0.3) is 15.9 Å². The summed E-state index contributed by atoms with van der Waals surface area (Å²) < 4.78 is 26.8. The minimum Gasteiger partial charge on any atom is -0.348 e. The highest BCUT2D eigenvalue weighted by molar-refractivity contribution is 7.92. The molecule has 0 bridgehead atoms. The average Bonchev–Trinajstić information content (AvgIpc) is 2.72. The first-order valence-corrected chi connectivity index (χ1v) is 10.8. The molecule has 0 aliphatic heterocycles. The molecule has 3 aromatic rings. The first-order chi connectivity index (χ1) is 13.8. The van der Waals surface area contributed by atoms with Crippen LogP contribution in [0.15, 0.2) is 77.7 Å². The van der Waals surface area contributed by atoms with Crippen molar-refractivity contribution in [3.63, 3.8) is 0 Å². The highest BCUT2D eigenvalue weighted by Crippen LogP contribution is 2.27. The van der Waals surface area contributed by atoms with E-state index in [0.717, 1.165) is 15.4 Å². The standard InChI is InChI=1S/C22H21ClN2O3S/c1-16-8-11-19(12-9-16)29(27,28)25(2)18-10-13-20(21(23)14-18)22(26)24-15-17-6-4-3-5-7-17/h3-14H,15H2,1-2H3,(H,24,26). The number of benzene rings is 3. The number of anilines is 1. The summed E-state index contributed by atoms with van der Waals surface area (Å²) in [7, 11) is -2.28. The summed E-state index contributed by atoms with van der Waals surface area (Å²) >= 11 is 6.28. The van der Waals surface area contributed by atoms with Crippen molar-refractivity contribution in [1.29, 1.82) is 0 Å². The lowest BCUT2D eigenvalue weighted by Crippen LogP contribution is -2.27. The maximum Gasteiger partial charge on any atom is 0.264 e. The molecule has 0 aromatic heterocycles. The van der Waals surface area contributed by atoms with Crippen LogP contribution in [0.25, 0.3) is 0 Å². The molecule has 0 saturated carbocycles. The number of nitrogens with one attached hydrogen (secondary N) is 1. The van der Waals surface area contributed by atoms with E-state index in [1.807, 2.05) is 37.3 Å². The highest BCUT2D eigenvalue weighted by atomic mass is 35.5. The van der Waals surface area contributed by atoms with Crippen molar-refractivity contribution >= 4 is 33.2 Å². The molecule has 1 N–H and O–H groups in total. The zero-order valence-corrected chi connectivity index (χ0v) is 17.7. The van der Waals surface area contributed by atoms with Gasteiger partial charge in [-0.2, -0.15) is 0 Å². The van der Waals surface area contributed by atoms with Crippen LogP contribution < -0.4 is 9.62 Å². The quantitative estimate of drug-likeness (QED) is 0.632. The third-order valence-electron chi connectivity index (χ3n) is 4.54. The molecular formula is C22H21ClN2O3S. The van der Waals surface area contributed by atoms with E-state index in [1.54, 1.807) is 30.3 Å². The Bertz CT molecular complexity index is 1110. The van der Waals surface area contributed by atoms with Crippen molar-refractivity contribution in [2.45, 2.75) is 18.4 Å². The molecule has 0 saturated heterocycles. The summed E-state index contributed by atoms with van der Waals surface area (Å²) in [6.45, 7) is 2.26. The number of hydrogen-bond acceptors (Lipinski definition) is 3. The van der Waals surface area contributed by atoms with Gasteiger partial charge in [0.05, 0.1) is 21.2 Å². The lowest BCUT2D eigenvalue weighted by atomic mass is 10.1. The molecule has 150 valence electrons. The van der Waals surface area contributed by atoms with E-state index in [4.69, 9.17) is 11.6 Å². The van der Waals surface area contributed by atoms with Crippen molar-refractivity contribution in [2.24, 2.45) is 0 Å². The monoisotopic (exact) mass is 428 g/mol. The molecule has 0 spiro atoms. The number of hydrogen-bond donors (Lipinski definition) is 1. The van der Waals surface area contributed by atoms with Crippen LogP contribution in [0.1, 0.15) is 21.5 Å². The highest BCUT2D eigenvalue weighted by Gasteiger charge is 2.22. The number of aryl methyl sites for hydroxylation is 1. The maximum absolute atomic E-state index is 12.8. The molecule has 5 nitrogen and oxygen atoms in total. The van der Waals surface area contributed by atoms with Crippen LogP contribution in [-0.2, 0) is 16.6 Å². The Kier molecular flexibility index (Phi) is 6.25. The molecule has 7 heteroatoms. The molecule has 0 aliphatic carbocycles. The Hall–Kier alpha value is -2.83. The fraction of sp³-hybridized carbons (Fsp3) is 0.136. The van der Waals surface area contributed by atoms with E-state index in [0.29, 0.717) is 12.2 Å². The van der Waals surface area contributed by atoms with Gasteiger partial charge < -0.3 is 5.32 Å². The van der Waals surface area contributed by atoms with Crippen molar-refractivity contribution in [2.75, 3.05) is 11.4 Å². The number of carbonyl (C=O) groups is 1. The lowest BCUT2D eigenvalue weighted by molar-refractivity contribution is 0.0951. The van der Waals surface area contributed by atoms with Crippen LogP contribution in [0.2, 0.25) is 5.02 Å². The van der Waals surface area contributed by atoms with Gasteiger partial charge in [0.2, 0.25) is 0 Å². The Labute approximate surface area is 176 Å². The van der Waals surface area contributed by atoms with Crippen LogP contribution in [-0.4, -0.2) is 21.4 Å². The number of sulfonamides is 1. The second-order valence-corrected chi connectivity index (χ2v) is 8.99. The number of rotatable bonds is 6. The molecule has 0 heterocycles. The van der Waals surface area contributed by atoms with Gasteiger partial charge in [-0.3, -0.25) is 9.10 Å². The molecule has 0 atom stereocenters. The van der Waals surface area contributed by atoms with Crippen LogP contribution >= 0.6 is 11.6 Å². The lowest BCUT2D eigenvalue weighted by Gasteiger charge is -2.20. The van der Waals surface area contributed by atoms with E-state index in [1.165, 1.54) is 19.2 Å². The predicted molar refractivity (Wildman–Crippen MR) is 116 cm³/mol. The summed E-state index contributed by atoms with van der Waals surface area (Å²) in [5, 5.41) is 2.99. The van der Waals surface area contributed by atoms with Crippen LogP contribution in [0.4, 0.5) is 5.69 Å². The fourth-order valence-corrected chi connectivity index (χ4v) is 4.21. The van der Waals surface area contributed by atoms with Crippen molar-refractivity contribution in [3.8, 4) is 0 Å². The maximum atomic E-state index is 12.8. The largest absolute Gasteiger partial charge is 0.348 e. The molecular weight excluding hydrogens is 408 g/mol. The second-order valence-electron chi connectivity index (χ2n) is 6.62. The summed E-state index contributed by atoms with van der Waals surface area (Å²) in [6, 6.07) is 20.7. The van der Waals surface area contributed by atoms with Crippen molar-refractivity contribution < 1.29 is 13.2 Å². The molecule has 0 fully saturated rings. The molecule has 0 unspecified atom stereocenters. The first-order valence-electron chi connectivity index (χ1n) is 8.96.